The standard InChI is InChI=1S/C36H61NO30/c37-67-30-23(54)36-60-12(6-43)29(30)66-35-22(53)17(48)27(10(4-41)59-35)64-33-20(51)15(46)25(8(2-39)57-33)62-31-18(49)13(44)24(7(1-38)55-31)61-32-19(50)14(45)26(9(3-40)56-32)63-34-21(52)16(47)28(65-36)11(5-42)58-34/h7-36,38-54H,1-6,37H2/t7-,8-,9-,10-,11-,12-,13-,14-,15-,16-,17-,18-,19-,20-,21-,22-,23-,24-,25-,26-,27-,28-,29+,30-,31-,32-,33-,34-,35-,36-/m1/s1. The zero-order valence-electron chi connectivity index (χ0n) is 35.1. The van der Waals surface area contributed by atoms with Crippen LogP contribution in [0, 0.1) is 0 Å². The monoisotopic (exact) mass is 987 g/mol. The molecule has 22 saturated heterocycles. The Bertz CT molecular complexity index is 1530. The molecule has 22 heterocycles. The average Bonchev–Trinajstić information content (AvgIpc) is 3.32. The molecular weight excluding hydrogens is 926 g/mol. The molecule has 0 spiro atoms. The van der Waals surface area contributed by atoms with E-state index in [1.807, 2.05) is 0 Å². The molecule has 19 N–H and O–H groups in total. The molecule has 31 nitrogen and oxygen atoms in total. The second kappa shape index (κ2) is 22.7. The molecule has 67 heavy (non-hydrogen) atoms. The van der Waals surface area contributed by atoms with Crippen molar-refractivity contribution in [2.24, 2.45) is 5.90 Å². The maximum atomic E-state index is 11.4. The number of aliphatic hydroxyl groups is 17. The number of nitrogens with two attached hydrogens (primary N) is 1. The van der Waals surface area contributed by atoms with E-state index in [2.05, 4.69) is 0 Å². The van der Waals surface area contributed by atoms with Crippen LogP contribution in [0.3, 0.4) is 0 Å². The summed E-state index contributed by atoms with van der Waals surface area (Å²) in [4.78, 5) is 4.96. The summed E-state index contributed by atoms with van der Waals surface area (Å²) in [7, 11) is 0. The van der Waals surface area contributed by atoms with Crippen molar-refractivity contribution in [1.29, 1.82) is 0 Å². The predicted molar refractivity (Wildman–Crippen MR) is 199 cm³/mol. The van der Waals surface area contributed by atoms with Crippen LogP contribution in [0.5, 0.6) is 0 Å². The van der Waals surface area contributed by atoms with Crippen molar-refractivity contribution in [2.75, 3.05) is 39.6 Å². The largest absolute Gasteiger partial charge is 0.394 e. The predicted octanol–water partition coefficient (Wildman–Crippen LogP) is -13.2. The highest BCUT2D eigenvalue weighted by Crippen LogP contribution is 2.38. The number of rotatable bonds is 7. The van der Waals surface area contributed by atoms with Gasteiger partial charge in [0.25, 0.3) is 0 Å². The molecule has 0 unspecified atom stereocenters. The van der Waals surface area contributed by atoms with Crippen molar-refractivity contribution in [1.82, 2.24) is 0 Å². The Morgan fingerprint density at radius 3 is 0.627 bits per heavy atom. The molecule has 22 aliphatic rings. The molecule has 22 aliphatic heterocycles. The van der Waals surface area contributed by atoms with Gasteiger partial charge in [0.15, 0.2) is 37.7 Å². The lowest BCUT2D eigenvalue weighted by atomic mass is 9.94. The molecule has 0 aromatic carbocycles. The molecular formula is C36H61NO30. The zero-order valence-corrected chi connectivity index (χ0v) is 35.1. The van der Waals surface area contributed by atoms with Crippen LogP contribution >= 0.6 is 0 Å². The van der Waals surface area contributed by atoms with E-state index in [4.69, 9.17) is 67.6 Å². The van der Waals surface area contributed by atoms with Gasteiger partial charge in [0, 0.05) is 0 Å². The van der Waals surface area contributed by atoms with Gasteiger partial charge in [-0.15, -0.1) is 0 Å². The molecule has 22 rings (SSSR count). The van der Waals surface area contributed by atoms with Gasteiger partial charge in [0.2, 0.25) is 0 Å². The van der Waals surface area contributed by atoms with Gasteiger partial charge in [0.05, 0.1) is 39.6 Å². The minimum atomic E-state index is -2.15. The van der Waals surface area contributed by atoms with Crippen molar-refractivity contribution in [3.63, 3.8) is 0 Å². The lowest BCUT2D eigenvalue weighted by molar-refractivity contribution is -0.405. The van der Waals surface area contributed by atoms with Crippen LogP contribution in [-0.4, -0.2) is 311 Å². The molecule has 0 radical (unpaired) electrons. The lowest BCUT2D eigenvalue weighted by Crippen LogP contribution is -2.69. The molecule has 12 bridgehead atoms. The minimum absolute atomic E-state index is 0.968. The van der Waals surface area contributed by atoms with E-state index in [-0.39, 0.29) is 0 Å². The summed E-state index contributed by atoms with van der Waals surface area (Å²) in [5.74, 6) is 5.53. The number of hydrogen-bond donors (Lipinski definition) is 18. The Balaban J connectivity index is 1.20. The highest BCUT2D eigenvalue weighted by molar-refractivity contribution is 5.01. The van der Waals surface area contributed by atoms with Gasteiger partial charge in [-0.05, 0) is 0 Å². The van der Waals surface area contributed by atoms with E-state index in [0.29, 0.717) is 0 Å². The maximum Gasteiger partial charge on any atom is 0.187 e. The summed E-state index contributed by atoms with van der Waals surface area (Å²) in [5, 5.41) is 185. The average molecular weight is 988 g/mol. The Labute approximate surface area is 378 Å². The van der Waals surface area contributed by atoms with Crippen LogP contribution in [-0.2, 0) is 61.7 Å². The molecule has 0 aliphatic carbocycles. The maximum absolute atomic E-state index is 11.4. The minimum Gasteiger partial charge on any atom is -0.394 e. The molecule has 30 atom stereocenters. The first-order valence-electron chi connectivity index (χ1n) is 21.3. The van der Waals surface area contributed by atoms with Crippen molar-refractivity contribution >= 4 is 0 Å². The molecule has 390 valence electrons. The second-order valence-electron chi connectivity index (χ2n) is 17.0. The third kappa shape index (κ3) is 10.4. The molecule has 0 amide bonds. The fourth-order valence-corrected chi connectivity index (χ4v) is 9.07. The van der Waals surface area contributed by atoms with Crippen molar-refractivity contribution in [3.8, 4) is 0 Å². The number of hydrogen-bond acceptors (Lipinski definition) is 31. The van der Waals surface area contributed by atoms with Crippen LogP contribution in [0.4, 0.5) is 0 Å². The van der Waals surface area contributed by atoms with Crippen LogP contribution < -0.4 is 5.90 Å². The Kier molecular flexibility index (Phi) is 18.1. The third-order valence-corrected chi connectivity index (χ3v) is 12.8. The van der Waals surface area contributed by atoms with Gasteiger partial charge in [-0.25, -0.2) is 5.90 Å². The van der Waals surface area contributed by atoms with Crippen LogP contribution in [0.25, 0.3) is 0 Å². The van der Waals surface area contributed by atoms with Crippen LogP contribution in [0.1, 0.15) is 0 Å². The van der Waals surface area contributed by atoms with E-state index in [1.165, 1.54) is 0 Å². The van der Waals surface area contributed by atoms with E-state index in [0.717, 1.165) is 0 Å². The first kappa shape index (κ1) is 53.6. The summed E-state index contributed by atoms with van der Waals surface area (Å²) in [5.41, 5.74) is 0. The highest BCUT2D eigenvalue weighted by Gasteiger charge is 2.59. The molecule has 22 fully saturated rings. The summed E-state index contributed by atoms with van der Waals surface area (Å²) in [6.45, 7) is -5.94. The smallest absolute Gasteiger partial charge is 0.187 e. The van der Waals surface area contributed by atoms with E-state index >= 15 is 0 Å². The molecule has 0 aromatic rings. The quantitative estimate of drug-likeness (QED) is 0.105. The van der Waals surface area contributed by atoms with Crippen molar-refractivity contribution in [2.45, 2.75) is 184 Å². The molecule has 0 aromatic heterocycles. The lowest BCUT2D eigenvalue weighted by Gasteiger charge is -2.50. The van der Waals surface area contributed by atoms with E-state index < -0.39 is 224 Å². The SMILES string of the molecule is NO[C@@H]1[C@@H](O)[C@H]2O[C@H]3[C@H](O)[C@@H](O)[C@@H](O[C@H]4[C@H](O)[C@@H](O)[C@@H](O[C@H]5[C@H](O)[C@@H](O)[C@@H](O[C@H]6[C@H](O)[C@@H](O)[C@@H](O[C@H]7[C@H](O)[C@@H](O)[C@@H](O[C@H]1[C@@H](CO)O2)O[C@@H]7CO)O[C@@H]6CO)O[C@@H]5CO)O[C@@H]4CO)O[C@@H]3CO. The summed E-state index contributed by atoms with van der Waals surface area (Å²) < 4.78 is 68.4. The summed E-state index contributed by atoms with van der Waals surface area (Å²) in [6, 6.07) is 0. The van der Waals surface area contributed by atoms with E-state index in [9.17, 15) is 86.8 Å². The first-order valence-corrected chi connectivity index (χ1v) is 21.3. The second-order valence-corrected chi connectivity index (χ2v) is 17.0. The van der Waals surface area contributed by atoms with Crippen molar-refractivity contribution < 1.29 is 148 Å². The Morgan fingerprint density at radius 1 is 0.254 bits per heavy atom. The summed E-state index contributed by atoms with van der Waals surface area (Å²) in [6.07, 6.45) is -57.7. The fourth-order valence-electron chi connectivity index (χ4n) is 9.07. The van der Waals surface area contributed by atoms with Gasteiger partial charge < -0.3 is 144 Å². The van der Waals surface area contributed by atoms with E-state index in [1.54, 1.807) is 0 Å². The van der Waals surface area contributed by atoms with Gasteiger partial charge in [-0.1, -0.05) is 0 Å². The molecule has 0 saturated carbocycles. The highest BCUT2D eigenvalue weighted by atomic mass is 16.8. The topological polar surface area (TPSA) is 490 Å². The Morgan fingerprint density at radius 2 is 0.433 bits per heavy atom. The number of ether oxygens (including phenoxy) is 12. The first-order chi connectivity index (χ1) is 32.0. The van der Waals surface area contributed by atoms with Gasteiger partial charge in [0.1, 0.15) is 146 Å². The normalized spacial score (nSPS) is 54.7. The zero-order chi connectivity index (χ0) is 48.8. The van der Waals surface area contributed by atoms with Crippen molar-refractivity contribution in [3.05, 3.63) is 0 Å². The van der Waals surface area contributed by atoms with Gasteiger partial charge in [-0.3, -0.25) is 4.84 Å². The Hall–Kier alpha value is -1.24. The van der Waals surface area contributed by atoms with Crippen LogP contribution in [0.15, 0.2) is 0 Å². The summed E-state index contributed by atoms with van der Waals surface area (Å²) >= 11 is 0. The fraction of sp³-hybridized carbons (Fsp3) is 1.00. The van der Waals surface area contributed by atoms with Gasteiger partial charge in [-0.2, -0.15) is 0 Å². The third-order valence-electron chi connectivity index (χ3n) is 12.8. The number of aliphatic hydroxyl groups excluding tert-OH is 17. The van der Waals surface area contributed by atoms with Crippen LogP contribution in [0.2, 0.25) is 0 Å². The molecule has 31 heteroatoms. The van der Waals surface area contributed by atoms with Gasteiger partial charge >= 0.3 is 0 Å².